The van der Waals surface area contributed by atoms with Gasteiger partial charge in [-0.3, -0.25) is 0 Å². The largest absolute Gasteiger partial charge is 0.307 e. The molecule has 1 fully saturated rings. The molecule has 194 valence electrons. The molecule has 1 saturated carbocycles. The predicted octanol–water partition coefficient (Wildman–Crippen LogP) is 9.52. The van der Waals surface area contributed by atoms with Crippen LogP contribution in [-0.4, -0.2) is 4.40 Å². The summed E-state index contributed by atoms with van der Waals surface area (Å²) in [6.45, 7) is 9.35. The number of pyridine rings is 2. The fraction of sp³-hybridized carbons (Fsp3) is 0.324. The molecule has 0 bridgehead atoms. The van der Waals surface area contributed by atoms with Gasteiger partial charge in [-0.1, -0.05) is 82.1 Å². The molecule has 0 N–H and O–H groups in total. The number of nitrogens with zero attached hydrogens (tertiary/aromatic N) is 2. The van der Waals surface area contributed by atoms with Gasteiger partial charge in [-0.2, -0.15) is 0 Å². The summed E-state index contributed by atoms with van der Waals surface area (Å²) in [5.41, 5.74) is 10.1. The Morgan fingerprint density at radius 2 is 1.59 bits per heavy atom. The summed E-state index contributed by atoms with van der Waals surface area (Å²) in [6.07, 6.45) is 8.64. The Kier molecular flexibility index (Phi) is 4.74. The molecule has 0 spiro atoms. The smallest absolute Gasteiger partial charge is 0.224 e. The third-order valence-electron chi connectivity index (χ3n) is 9.53. The Balaban J connectivity index is 1.63. The van der Waals surface area contributed by atoms with Gasteiger partial charge >= 0.3 is 0 Å². The van der Waals surface area contributed by atoms with Gasteiger partial charge in [0.2, 0.25) is 5.52 Å². The summed E-state index contributed by atoms with van der Waals surface area (Å²) in [4.78, 5) is 0. The molecule has 3 aromatic heterocycles. The van der Waals surface area contributed by atoms with E-state index in [0.29, 0.717) is 5.92 Å². The monoisotopic (exact) mass is 509 g/mol. The highest BCUT2D eigenvalue weighted by Gasteiger charge is 2.28. The third-order valence-corrected chi connectivity index (χ3v) is 9.53. The van der Waals surface area contributed by atoms with Gasteiger partial charge in [0.25, 0.3) is 0 Å². The van der Waals surface area contributed by atoms with Gasteiger partial charge in [0.05, 0.1) is 27.3 Å². The normalized spacial score (nSPS) is 15.4. The van der Waals surface area contributed by atoms with Crippen LogP contribution in [0, 0.1) is 12.3 Å². The van der Waals surface area contributed by atoms with E-state index < -0.39 is 0 Å². The maximum absolute atomic E-state index is 2.67. The molecule has 0 atom stereocenters. The minimum atomic E-state index is 0.263. The zero-order chi connectivity index (χ0) is 26.6. The highest BCUT2D eigenvalue weighted by atomic mass is 15.0. The van der Waals surface area contributed by atoms with Gasteiger partial charge in [0, 0.05) is 16.8 Å². The van der Waals surface area contributed by atoms with Crippen LogP contribution in [0.3, 0.4) is 0 Å². The lowest BCUT2D eigenvalue weighted by Gasteiger charge is -2.19. The molecular weight excluding hydrogens is 472 g/mol. The van der Waals surface area contributed by atoms with Gasteiger partial charge in [-0.15, -0.1) is 0 Å². The van der Waals surface area contributed by atoms with E-state index in [2.05, 4.69) is 111 Å². The van der Waals surface area contributed by atoms with Crippen molar-refractivity contribution in [2.24, 2.45) is 12.5 Å². The highest BCUT2D eigenvalue weighted by Crippen LogP contribution is 2.46. The molecule has 0 radical (unpaired) electrons. The molecule has 0 unspecified atom stereocenters. The fourth-order valence-electron chi connectivity index (χ4n) is 7.93. The van der Waals surface area contributed by atoms with E-state index in [0.717, 1.165) is 6.42 Å². The number of hydrogen-bond donors (Lipinski definition) is 0. The van der Waals surface area contributed by atoms with Gasteiger partial charge in [0.15, 0.2) is 6.20 Å². The number of aromatic nitrogens is 2. The molecule has 7 aromatic rings. The first-order chi connectivity index (χ1) is 18.8. The summed E-state index contributed by atoms with van der Waals surface area (Å²) >= 11 is 0. The topological polar surface area (TPSA) is 8.29 Å². The van der Waals surface area contributed by atoms with Gasteiger partial charge in [-0.25, -0.2) is 4.57 Å². The lowest BCUT2D eigenvalue weighted by molar-refractivity contribution is -0.643. The van der Waals surface area contributed by atoms with Crippen LogP contribution in [-0.2, 0) is 13.5 Å². The van der Waals surface area contributed by atoms with Crippen molar-refractivity contribution < 1.29 is 4.57 Å². The van der Waals surface area contributed by atoms with E-state index in [9.17, 15) is 0 Å². The number of para-hydroxylation sites is 1. The number of rotatable bonds is 2. The van der Waals surface area contributed by atoms with Crippen LogP contribution in [0.15, 0.2) is 66.9 Å². The van der Waals surface area contributed by atoms with Crippen molar-refractivity contribution in [2.75, 3.05) is 0 Å². The summed E-state index contributed by atoms with van der Waals surface area (Å²) in [7, 11) is 2.22. The Bertz CT molecular complexity index is 2100. The van der Waals surface area contributed by atoms with E-state index >= 15 is 0 Å². The van der Waals surface area contributed by atoms with E-state index in [1.54, 1.807) is 5.56 Å². The van der Waals surface area contributed by atoms with Crippen molar-refractivity contribution in [1.82, 2.24) is 4.40 Å². The average molecular weight is 510 g/mol. The zero-order valence-electron chi connectivity index (χ0n) is 23.9. The van der Waals surface area contributed by atoms with E-state index in [1.807, 2.05) is 0 Å². The van der Waals surface area contributed by atoms with Crippen molar-refractivity contribution in [2.45, 2.75) is 65.7 Å². The van der Waals surface area contributed by atoms with Crippen LogP contribution in [0.4, 0.5) is 0 Å². The molecule has 4 aromatic carbocycles. The Morgan fingerprint density at radius 3 is 2.38 bits per heavy atom. The first kappa shape index (κ1) is 23.3. The SMILES string of the molecule is Cc1c2cc(CC(C)(C)C)ccc2cc2c1c1c3c(ccc4c5cccc(C6CCCC6)c5n2c43)cc[n+]1C. The summed E-state index contributed by atoms with van der Waals surface area (Å²) < 4.78 is 5.02. The minimum Gasteiger partial charge on any atom is -0.307 e. The van der Waals surface area contributed by atoms with Crippen molar-refractivity contribution in [1.29, 1.82) is 0 Å². The molecule has 2 nitrogen and oxygen atoms in total. The van der Waals surface area contributed by atoms with Crippen LogP contribution < -0.4 is 4.57 Å². The van der Waals surface area contributed by atoms with E-state index in [1.165, 1.54) is 96.6 Å². The van der Waals surface area contributed by atoms with Crippen molar-refractivity contribution in [3.8, 4) is 0 Å². The molecule has 0 amide bonds. The highest BCUT2D eigenvalue weighted by molar-refractivity contribution is 6.28. The molecule has 39 heavy (non-hydrogen) atoms. The number of hydrogen-bond acceptors (Lipinski definition) is 0. The van der Waals surface area contributed by atoms with Gasteiger partial charge in [0.1, 0.15) is 7.05 Å². The van der Waals surface area contributed by atoms with Crippen molar-refractivity contribution >= 4 is 59.8 Å². The molecule has 0 saturated heterocycles. The first-order valence-corrected chi connectivity index (χ1v) is 14.8. The summed E-state index contributed by atoms with van der Waals surface area (Å²) in [5.74, 6) is 0.656. The molecule has 1 aliphatic carbocycles. The quantitative estimate of drug-likeness (QED) is 0.125. The second kappa shape index (κ2) is 7.94. The molecule has 1 aliphatic rings. The van der Waals surface area contributed by atoms with Crippen molar-refractivity contribution in [3.63, 3.8) is 0 Å². The zero-order valence-corrected chi connectivity index (χ0v) is 23.9. The Hall–Kier alpha value is -3.65. The van der Waals surface area contributed by atoms with Crippen LogP contribution in [0.1, 0.15) is 69.1 Å². The molecule has 2 heteroatoms. The number of aryl methyl sites for hydroxylation is 2. The van der Waals surface area contributed by atoms with Gasteiger partial charge < -0.3 is 4.40 Å². The number of benzene rings is 4. The van der Waals surface area contributed by atoms with E-state index in [-0.39, 0.29) is 5.41 Å². The summed E-state index contributed by atoms with van der Waals surface area (Å²) in [5, 5.41) is 9.62. The number of fused-ring (bicyclic) bond motifs is 7. The molecule has 0 aliphatic heterocycles. The molecular formula is C37H37N2+. The molecule has 8 rings (SSSR count). The fourth-order valence-corrected chi connectivity index (χ4v) is 7.93. The molecule has 3 heterocycles. The van der Waals surface area contributed by atoms with Crippen LogP contribution in [0.2, 0.25) is 0 Å². The Labute approximate surface area is 230 Å². The van der Waals surface area contributed by atoms with Crippen LogP contribution in [0.25, 0.3) is 59.8 Å². The predicted molar refractivity (Wildman–Crippen MR) is 166 cm³/mol. The van der Waals surface area contributed by atoms with Crippen LogP contribution >= 0.6 is 0 Å². The lowest BCUT2D eigenvalue weighted by atomic mass is 9.86. The van der Waals surface area contributed by atoms with Crippen LogP contribution in [0.5, 0.6) is 0 Å². The second-order valence-corrected chi connectivity index (χ2v) is 13.5. The van der Waals surface area contributed by atoms with E-state index in [4.69, 9.17) is 0 Å². The standard InChI is InChI=1S/C37H37N2/c1-22-30-19-23(21-37(2,3)4)13-14-26(30)20-31-32(22)36-33-25(17-18-38(36)5)15-16-29-28-12-8-11-27(24-9-6-7-10-24)34(28)39(31)35(29)33/h8,11-20,24H,6-7,9-10,21H2,1-5H3/q+1. The van der Waals surface area contributed by atoms with Crippen molar-refractivity contribution in [3.05, 3.63) is 83.6 Å². The Morgan fingerprint density at radius 1 is 0.821 bits per heavy atom. The van der Waals surface area contributed by atoms with Gasteiger partial charge in [-0.05, 0) is 76.4 Å². The lowest BCUT2D eigenvalue weighted by Crippen LogP contribution is -2.28. The maximum Gasteiger partial charge on any atom is 0.224 e. The minimum absolute atomic E-state index is 0.263. The average Bonchev–Trinajstić information content (AvgIpc) is 3.56. The maximum atomic E-state index is 2.67. The second-order valence-electron chi connectivity index (χ2n) is 13.5. The third kappa shape index (κ3) is 3.24. The summed E-state index contributed by atoms with van der Waals surface area (Å²) in [6, 6.07) is 23.8. The first-order valence-electron chi connectivity index (χ1n) is 14.8.